The van der Waals surface area contributed by atoms with Crippen molar-refractivity contribution in [3.05, 3.63) is 53.3 Å². The van der Waals surface area contributed by atoms with Crippen LogP contribution in [0.3, 0.4) is 0 Å². The zero-order chi connectivity index (χ0) is 17.3. The minimum Gasteiger partial charge on any atom is -0.491 e. The molecule has 5 heteroatoms. The molecule has 3 aromatic rings. The maximum atomic E-state index is 9.41. The van der Waals surface area contributed by atoms with Crippen LogP contribution in [0.25, 0.3) is 16.9 Å². The molecule has 4 nitrogen and oxygen atoms in total. The Labute approximate surface area is 146 Å². The number of nitrogens with zero attached hydrogens (tertiary/aromatic N) is 3. The molecule has 24 heavy (non-hydrogen) atoms. The van der Waals surface area contributed by atoms with Crippen LogP contribution < -0.4 is 4.74 Å². The van der Waals surface area contributed by atoms with Gasteiger partial charge in [0.2, 0.25) is 0 Å². The molecule has 0 aliphatic heterocycles. The number of hydrogen-bond donors (Lipinski definition) is 0. The van der Waals surface area contributed by atoms with Crippen molar-refractivity contribution < 1.29 is 4.74 Å². The SMILES string of the molecule is CC(C)Oc1ccc(-c2nc3ccc(Cl)cn3c2C(C)C#N)cc1. The highest BCUT2D eigenvalue weighted by atomic mass is 35.5. The molecule has 2 heterocycles. The van der Waals surface area contributed by atoms with Gasteiger partial charge in [-0.2, -0.15) is 5.26 Å². The molecule has 1 aromatic carbocycles. The van der Waals surface area contributed by atoms with E-state index in [9.17, 15) is 5.26 Å². The van der Waals surface area contributed by atoms with E-state index in [2.05, 4.69) is 6.07 Å². The van der Waals surface area contributed by atoms with E-state index in [0.29, 0.717) is 5.02 Å². The van der Waals surface area contributed by atoms with E-state index >= 15 is 0 Å². The lowest BCUT2D eigenvalue weighted by molar-refractivity contribution is 0.242. The van der Waals surface area contributed by atoms with Crippen LogP contribution in [0.15, 0.2) is 42.6 Å². The molecule has 0 fully saturated rings. The maximum absolute atomic E-state index is 9.41. The average Bonchev–Trinajstić information content (AvgIpc) is 2.92. The summed E-state index contributed by atoms with van der Waals surface area (Å²) in [7, 11) is 0. The fourth-order valence-corrected chi connectivity index (χ4v) is 2.85. The summed E-state index contributed by atoms with van der Waals surface area (Å²) in [6.45, 7) is 5.85. The Morgan fingerprint density at radius 3 is 2.46 bits per heavy atom. The first-order valence-corrected chi connectivity index (χ1v) is 8.21. The number of benzene rings is 1. The van der Waals surface area contributed by atoms with Gasteiger partial charge in [-0.25, -0.2) is 4.98 Å². The molecule has 2 aromatic heterocycles. The van der Waals surface area contributed by atoms with E-state index in [1.807, 2.05) is 55.5 Å². The number of fused-ring (bicyclic) bond motifs is 1. The molecule has 3 rings (SSSR count). The highest BCUT2D eigenvalue weighted by Gasteiger charge is 2.19. The van der Waals surface area contributed by atoms with Gasteiger partial charge in [0.1, 0.15) is 11.4 Å². The van der Waals surface area contributed by atoms with Gasteiger partial charge in [-0.15, -0.1) is 0 Å². The first-order chi connectivity index (χ1) is 11.5. The molecule has 0 N–H and O–H groups in total. The van der Waals surface area contributed by atoms with E-state index in [1.54, 1.807) is 12.3 Å². The second-order valence-corrected chi connectivity index (χ2v) is 6.40. The molecule has 0 saturated heterocycles. The summed E-state index contributed by atoms with van der Waals surface area (Å²) in [6.07, 6.45) is 1.93. The molecular formula is C19H18ClN3O. The van der Waals surface area contributed by atoms with Crippen LogP contribution in [0, 0.1) is 11.3 Å². The van der Waals surface area contributed by atoms with E-state index in [-0.39, 0.29) is 12.0 Å². The van der Waals surface area contributed by atoms with E-state index in [4.69, 9.17) is 21.3 Å². The molecule has 1 unspecified atom stereocenters. The van der Waals surface area contributed by atoms with Crippen molar-refractivity contribution in [1.82, 2.24) is 9.38 Å². The molecule has 1 atom stereocenters. The molecule has 0 bridgehead atoms. The van der Waals surface area contributed by atoms with Gasteiger partial charge in [0, 0.05) is 11.8 Å². The van der Waals surface area contributed by atoms with Gasteiger partial charge in [-0.05, 0) is 57.2 Å². The van der Waals surface area contributed by atoms with Crippen molar-refractivity contribution in [2.75, 3.05) is 0 Å². The zero-order valence-corrected chi connectivity index (χ0v) is 14.6. The molecular weight excluding hydrogens is 322 g/mol. The van der Waals surface area contributed by atoms with Crippen LogP contribution in [0.2, 0.25) is 5.02 Å². The highest BCUT2D eigenvalue weighted by Crippen LogP contribution is 2.31. The number of imidazole rings is 1. The fraction of sp³-hybridized carbons (Fsp3) is 0.263. The summed E-state index contributed by atoms with van der Waals surface area (Å²) in [4.78, 5) is 4.70. The second-order valence-electron chi connectivity index (χ2n) is 5.96. The van der Waals surface area contributed by atoms with Crippen molar-refractivity contribution >= 4 is 17.2 Å². The summed E-state index contributed by atoms with van der Waals surface area (Å²) in [5.41, 5.74) is 3.35. The molecule has 0 amide bonds. The predicted octanol–water partition coefficient (Wildman–Crippen LogP) is 5.07. The third-order valence-corrected chi connectivity index (χ3v) is 3.95. The van der Waals surface area contributed by atoms with Crippen molar-refractivity contribution in [2.24, 2.45) is 0 Å². The first kappa shape index (κ1) is 16.4. The van der Waals surface area contributed by atoms with Gasteiger partial charge in [0.05, 0.1) is 34.5 Å². The second kappa shape index (κ2) is 6.54. The van der Waals surface area contributed by atoms with Gasteiger partial charge in [-0.3, -0.25) is 0 Å². The lowest BCUT2D eigenvalue weighted by Crippen LogP contribution is -2.05. The third kappa shape index (κ3) is 3.08. The van der Waals surface area contributed by atoms with Crippen molar-refractivity contribution in [1.29, 1.82) is 5.26 Å². The van der Waals surface area contributed by atoms with Crippen LogP contribution >= 0.6 is 11.6 Å². The Morgan fingerprint density at radius 2 is 1.83 bits per heavy atom. The maximum Gasteiger partial charge on any atom is 0.137 e. The number of halogens is 1. The molecule has 0 radical (unpaired) electrons. The number of pyridine rings is 1. The number of ether oxygens (including phenoxy) is 1. The van der Waals surface area contributed by atoms with E-state index in [0.717, 1.165) is 28.3 Å². The quantitative estimate of drug-likeness (QED) is 0.666. The minimum atomic E-state index is -0.306. The van der Waals surface area contributed by atoms with E-state index in [1.165, 1.54) is 0 Å². The largest absolute Gasteiger partial charge is 0.491 e. The fourth-order valence-electron chi connectivity index (χ4n) is 2.69. The molecule has 0 aliphatic carbocycles. The van der Waals surface area contributed by atoms with Gasteiger partial charge in [-0.1, -0.05) is 11.6 Å². The van der Waals surface area contributed by atoms with Crippen LogP contribution in [-0.2, 0) is 0 Å². The normalized spacial score (nSPS) is 12.3. The predicted molar refractivity (Wildman–Crippen MR) is 95.4 cm³/mol. The van der Waals surface area contributed by atoms with Gasteiger partial charge >= 0.3 is 0 Å². The monoisotopic (exact) mass is 339 g/mol. The number of hydrogen-bond acceptors (Lipinski definition) is 3. The highest BCUT2D eigenvalue weighted by molar-refractivity contribution is 6.30. The number of nitriles is 1. The zero-order valence-electron chi connectivity index (χ0n) is 13.8. The van der Waals surface area contributed by atoms with Crippen LogP contribution in [-0.4, -0.2) is 15.5 Å². The van der Waals surface area contributed by atoms with Gasteiger partial charge in [0.25, 0.3) is 0 Å². The first-order valence-electron chi connectivity index (χ1n) is 7.84. The lowest BCUT2D eigenvalue weighted by atomic mass is 10.0. The van der Waals surface area contributed by atoms with Crippen molar-refractivity contribution in [2.45, 2.75) is 32.8 Å². The van der Waals surface area contributed by atoms with Crippen molar-refractivity contribution in [3.63, 3.8) is 0 Å². The van der Waals surface area contributed by atoms with E-state index < -0.39 is 0 Å². The molecule has 0 saturated carbocycles. The lowest BCUT2D eigenvalue weighted by Gasteiger charge is -2.10. The Kier molecular flexibility index (Phi) is 4.46. The number of rotatable bonds is 4. The Morgan fingerprint density at radius 1 is 1.12 bits per heavy atom. The Bertz CT molecular complexity index is 907. The molecule has 0 aliphatic rings. The summed E-state index contributed by atoms with van der Waals surface area (Å²) >= 11 is 6.11. The van der Waals surface area contributed by atoms with Crippen molar-refractivity contribution in [3.8, 4) is 23.1 Å². The summed E-state index contributed by atoms with van der Waals surface area (Å²) in [5, 5.41) is 10.0. The molecule has 122 valence electrons. The minimum absolute atomic E-state index is 0.127. The third-order valence-electron chi connectivity index (χ3n) is 3.72. The summed E-state index contributed by atoms with van der Waals surface area (Å²) < 4.78 is 7.58. The Hall–Kier alpha value is -2.51. The summed E-state index contributed by atoms with van der Waals surface area (Å²) in [6, 6.07) is 13.7. The molecule has 0 spiro atoms. The summed E-state index contributed by atoms with van der Waals surface area (Å²) in [5.74, 6) is 0.510. The standard InChI is InChI=1S/C19H18ClN3O/c1-12(2)24-16-7-4-14(5-8-16)18-19(13(3)10-21)23-11-15(20)6-9-17(23)22-18/h4-9,11-13H,1-3H3. The average molecular weight is 340 g/mol. The number of aromatic nitrogens is 2. The van der Waals surface area contributed by atoms with Crippen LogP contribution in [0.5, 0.6) is 5.75 Å². The van der Waals surface area contributed by atoms with Gasteiger partial charge in [0.15, 0.2) is 0 Å². The van der Waals surface area contributed by atoms with Crippen LogP contribution in [0.1, 0.15) is 32.4 Å². The Balaban J connectivity index is 2.13. The smallest absolute Gasteiger partial charge is 0.137 e. The van der Waals surface area contributed by atoms with Crippen LogP contribution in [0.4, 0.5) is 0 Å². The van der Waals surface area contributed by atoms with Gasteiger partial charge < -0.3 is 9.14 Å². The topological polar surface area (TPSA) is 50.3 Å².